The average molecular weight is 271 g/mol. The van der Waals surface area contributed by atoms with Crippen molar-refractivity contribution in [2.45, 2.75) is 11.8 Å². The summed E-state index contributed by atoms with van der Waals surface area (Å²) in [5, 5.41) is 8.58. The summed E-state index contributed by atoms with van der Waals surface area (Å²) < 4.78 is 24.7. The van der Waals surface area contributed by atoms with E-state index in [1.165, 1.54) is 38.2 Å². The van der Waals surface area contributed by atoms with Gasteiger partial charge in [0.25, 0.3) is 0 Å². The third kappa shape index (κ3) is 3.14. The molecule has 0 saturated carbocycles. The number of carbonyl (C=O) groups is 2. The smallest absolute Gasteiger partial charge is 0.318 e. The summed E-state index contributed by atoms with van der Waals surface area (Å²) in [5.74, 6) is -1.50. The van der Waals surface area contributed by atoms with E-state index in [0.717, 1.165) is 0 Å². The number of carboxylic acid groups (broad SMARTS) is 1. The fourth-order valence-corrected chi connectivity index (χ4v) is 2.50. The van der Waals surface area contributed by atoms with Gasteiger partial charge >= 0.3 is 5.97 Å². The van der Waals surface area contributed by atoms with Crippen LogP contribution in [-0.2, 0) is 14.8 Å². The lowest BCUT2D eigenvalue weighted by atomic mass is 10.2. The SMILES string of the molecule is CC(=O)c1cccc(S(=O)(=O)N(C)CC(=O)O)c1. The second-order valence-corrected chi connectivity index (χ2v) is 5.78. The first-order valence-electron chi connectivity index (χ1n) is 5.04. The van der Waals surface area contributed by atoms with E-state index in [0.29, 0.717) is 4.31 Å². The third-order valence-corrected chi connectivity index (χ3v) is 4.11. The van der Waals surface area contributed by atoms with Crippen molar-refractivity contribution in [3.63, 3.8) is 0 Å². The summed E-state index contributed by atoms with van der Waals surface area (Å²) in [6, 6.07) is 5.49. The van der Waals surface area contributed by atoms with Crippen molar-refractivity contribution in [3.8, 4) is 0 Å². The van der Waals surface area contributed by atoms with E-state index in [-0.39, 0.29) is 16.2 Å². The molecule has 0 unspecified atom stereocenters. The zero-order chi connectivity index (χ0) is 13.9. The summed E-state index contributed by atoms with van der Waals surface area (Å²) in [6.45, 7) is 0.694. The molecular formula is C11H13NO5S. The number of aliphatic carboxylic acids is 1. The second kappa shape index (κ2) is 5.28. The topological polar surface area (TPSA) is 91.8 Å². The first kappa shape index (κ1) is 14.3. The molecule has 1 rings (SSSR count). The molecule has 7 heteroatoms. The number of carbonyl (C=O) groups excluding carboxylic acids is 1. The van der Waals surface area contributed by atoms with Gasteiger partial charge in [-0.05, 0) is 19.1 Å². The van der Waals surface area contributed by atoms with Crippen LogP contribution in [0.2, 0.25) is 0 Å². The van der Waals surface area contributed by atoms with Crippen molar-refractivity contribution in [2.24, 2.45) is 0 Å². The predicted molar refractivity (Wildman–Crippen MR) is 63.9 cm³/mol. The standard InChI is InChI=1S/C11H13NO5S/c1-8(13)9-4-3-5-10(6-9)18(16,17)12(2)7-11(14)15/h3-6H,7H2,1-2H3,(H,14,15). The van der Waals surface area contributed by atoms with Crippen molar-refractivity contribution < 1.29 is 23.1 Å². The Morgan fingerprint density at radius 2 is 1.94 bits per heavy atom. The maximum Gasteiger partial charge on any atom is 0.318 e. The first-order chi connectivity index (χ1) is 8.25. The number of ketones is 1. The Morgan fingerprint density at radius 1 is 1.33 bits per heavy atom. The highest BCUT2D eigenvalue weighted by molar-refractivity contribution is 7.89. The molecule has 98 valence electrons. The van der Waals surface area contributed by atoms with Crippen LogP contribution in [0.3, 0.4) is 0 Å². The van der Waals surface area contributed by atoms with Crippen LogP contribution < -0.4 is 0 Å². The van der Waals surface area contributed by atoms with Crippen molar-refractivity contribution in [3.05, 3.63) is 29.8 Å². The van der Waals surface area contributed by atoms with E-state index in [4.69, 9.17) is 5.11 Å². The van der Waals surface area contributed by atoms with Crippen molar-refractivity contribution in [1.82, 2.24) is 4.31 Å². The minimum absolute atomic E-state index is 0.0982. The quantitative estimate of drug-likeness (QED) is 0.791. The molecule has 0 aliphatic heterocycles. The summed E-state index contributed by atoms with van der Waals surface area (Å²) in [6.07, 6.45) is 0. The predicted octanol–water partition coefficient (Wildman–Crippen LogP) is 0.594. The number of carboxylic acids is 1. The maximum absolute atomic E-state index is 12.0. The minimum Gasteiger partial charge on any atom is -0.480 e. The van der Waals surface area contributed by atoms with Gasteiger partial charge in [0.1, 0.15) is 6.54 Å². The van der Waals surface area contributed by atoms with Gasteiger partial charge in [-0.15, -0.1) is 0 Å². The van der Waals surface area contributed by atoms with Crippen LogP contribution in [0.25, 0.3) is 0 Å². The van der Waals surface area contributed by atoms with E-state index in [1.807, 2.05) is 0 Å². The number of Topliss-reactive ketones (excluding diaryl/α,β-unsaturated/α-hetero) is 1. The first-order valence-corrected chi connectivity index (χ1v) is 6.48. The Balaban J connectivity index is 3.16. The lowest BCUT2D eigenvalue weighted by Crippen LogP contribution is -2.32. The number of benzene rings is 1. The van der Waals surface area contributed by atoms with Gasteiger partial charge in [0.2, 0.25) is 10.0 Å². The van der Waals surface area contributed by atoms with Crippen LogP contribution in [0.1, 0.15) is 17.3 Å². The molecule has 1 N–H and O–H groups in total. The van der Waals surface area contributed by atoms with Gasteiger partial charge in [-0.3, -0.25) is 9.59 Å². The molecule has 0 fully saturated rings. The Kier molecular flexibility index (Phi) is 4.20. The van der Waals surface area contributed by atoms with Gasteiger partial charge in [0.05, 0.1) is 4.90 Å². The van der Waals surface area contributed by atoms with Gasteiger partial charge in [-0.2, -0.15) is 4.31 Å². The monoisotopic (exact) mass is 271 g/mol. The molecular weight excluding hydrogens is 258 g/mol. The van der Waals surface area contributed by atoms with Gasteiger partial charge in [-0.1, -0.05) is 12.1 Å². The lowest BCUT2D eigenvalue weighted by molar-refractivity contribution is -0.137. The van der Waals surface area contributed by atoms with E-state index >= 15 is 0 Å². The van der Waals surface area contributed by atoms with Gasteiger partial charge < -0.3 is 5.11 Å². The molecule has 1 aromatic rings. The largest absolute Gasteiger partial charge is 0.480 e. The van der Waals surface area contributed by atoms with Gasteiger partial charge in [-0.25, -0.2) is 8.42 Å². The number of sulfonamides is 1. The van der Waals surface area contributed by atoms with Crippen molar-refractivity contribution >= 4 is 21.8 Å². The van der Waals surface area contributed by atoms with Crippen LogP contribution in [0, 0.1) is 0 Å². The van der Waals surface area contributed by atoms with Crippen LogP contribution in [0.15, 0.2) is 29.2 Å². The van der Waals surface area contributed by atoms with E-state index < -0.39 is 22.5 Å². The third-order valence-electron chi connectivity index (χ3n) is 2.31. The minimum atomic E-state index is -3.89. The number of rotatable bonds is 5. The molecule has 0 aliphatic rings. The van der Waals surface area contributed by atoms with E-state index in [2.05, 4.69) is 0 Å². The molecule has 6 nitrogen and oxygen atoms in total. The molecule has 0 aliphatic carbocycles. The molecule has 0 aromatic heterocycles. The van der Waals surface area contributed by atoms with Gasteiger partial charge in [0, 0.05) is 12.6 Å². The van der Waals surface area contributed by atoms with Crippen LogP contribution in [0.5, 0.6) is 0 Å². The van der Waals surface area contributed by atoms with Crippen LogP contribution in [-0.4, -0.2) is 43.2 Å². The summed E-state index contributed by atoms with van der Waals surface area (Å²) in [5.41, 5.74) is 0.264. The highest BCUT2D eigenvalue weighted by atomic mass is 32.2. The Bertz CT molecular complexity index is 579. The number of hydrogen-bond acceptors (Lipinski definition) is 4. The average Bonchev–Trinajstić information content (AvgIpc) is 2.28. The molecule has 0 atom stereocenters. The Labute approximate surface area is 105 Å². The molecule has 0 spiro atoms. The van der Waals surface area contributed by atoms with Crippen molar-refractivity contribution in [2.75, 3.05) is 13.6 Å². The molecule has 0 saturated heterocycles. The maximum atomic E-state index is 12.0. The Morgan fingerprint density at radius 3 is 2.44 bits per heavy atom. The zero-order valence-corrected chi connectivity index (χ0v) is 10.8. The molecule has 1 aromatic carbocycles. The second-order valence-electron chi connectivity index (χ2n) is 3.74. The fraction of sp³-hybridized carbons (Fsp3) is 0.273. The lowest BCUT2D eigenvalue weighted by Gasteiger charge is -2.15. The van der Waals surface area contributed by atoms with Crippen LogP contribution >= 0.6 is 0 Å². The molecule has 0 amide bonds. The number of hydrogen-bond donors (Lipinski definition) is 1. The molecule has 18 heavy (non-hydrogen) atoms. The normalized spacial score (nSPS) is 11.5. The zero-order valence-electron chi connectivity index (χ0n) is 9.95. The van der Waals surface area contributed by atoms with Gasteiger partial charge in [0.15, 0.2) is 5.78 Å². The fourth-order valence-electron chi connectivity index (χ4n) is 1.33. The summed E-state index contributed by atoms with van der Waals surface area (Å²) in [4.78, 5) is 21.6. The Hall–Kier alpha value is -1.73. The van der Waals surface area contributed by atoms with E-state index in [1.54, 1.807) is 0 Å². The van der Waals surface area contributed by atoms with Crippen LogP contribution in [0.4, 0.5) is 0 Å². The molecule has 0 heterocycles. The highest BCUT2D eigenvalue weighted by Gasteiger charge is 2.23. The summed E-state index contributed by atoms with van der Waals surface area (Å²) in [7, 11) is -2.72. The number of nitrogens with zero attached hydrogens (tertiary/aromatic N) is 1. The number of likely N-dealkylation sites (N-methyl/N-ethyl adjacent to an activating group) is 1. The highest BCUT2D eigenvalue weighted by Crippen LogP contribution is 2.16. The molecule has 0 radical (unpaired) electrons. The van der Waals surface area contributed by atoms with E-state index in [9.17, 15) is 18.0 Å². The molecule has 0 bridgehead atoms. The van der Waals surface area contributed by atoms with Crippen molar-refractivity contribution in [1.29, 1.82) is 0 Å². The summed E-state index contributed by atoms with van der Waals surface area (Å²) >= 11 is 0.